The second-order valence-corrected chi connectivity index (χ2v) is 7.16. The van der Waals surface area contributed by atoms with E-state index in [1.807, 2.05) is 48.5 Å². The highest BCUT2D eigenvalue weighted by atomic mass is 32.1. The van der Waals surface area contributed by atoms with Gasteiger partial charge in [0, 0.05) is 19.0 Å². The molecule has 3 aromatic rings. The van der Waals surface area contributed by atoms with E-state index in [1.54, 1.807) is 7.11 Å². The minimum absolute atomic E-state index is 0.100. The lowest BCUT2D eigenvalue weighted by Gasteiger charge is -2.15. The van der Waals surface area contributed by atoms with Crippen LogP contribution < -0.4 is 15.8 Å². The van der Waals surface area contributed by atoms with Crippen molar-refractivity contribution in [3.63, 3.8) is 0 Å². The SMILES string of the molecule is COc1cccc(-c2nnc(C(Cc3ccc(CN)cc3)NC(C)=O)s2)c1. The van der Waals surface area contributed by atoms with Crippen molar-refractivity contribution in [1.29, 1.82) is 0 Å². The van der Waals surface area contributed by atoms with Crippen molar-refractivity contribution >= 4 is 17.2 Å². The van der Waals surface area contributed by atoms with E-state index in [9.17, 15) is 4.79 Å². The topological polar surface area (TPSA) is 90.1 Å². The van der Waals surface area contributed by atoms with Crippen molar-refractivity contribution in [2.45, 2.75) is 25.9 Å². The molecule has 1 aromatic heterocycles. The quantitative estimate of drug-likeness (QED) is 0.655. The van der Waals surface area contributed by atoms with Gasteiger partial charge in [0.25, 0.3) is 0 Å². The van der Waals surface area contributed by atoms with Crippen LogP contribution in [0.15, 0.2) is 48.5 Å². The molecule has 6 nitrogen and oxygen atoms in total. The molecule has 1 amide bonds. The van der Waals surface area contributed by atoms with E-state index in [0.717, 1.165) is 32.5 Å². The summed E-state index contributed by atoms with van der Waals surface area (Å²) in [5.41, 5.74) is 8.77. The van der Waals surface area contributed by atoms with Gasteiger partial charge >= 0.3 is 0 Å². The number of hydrogen-bond donors (Lipinski definition) is 2. The van der Waals surface area contributed by atoms with Crippen LogP contribution in [0.5, 0.6) is 5.75 Å². The van der Waals surface area contributed by atoms with Gasteiger partial charge in [0.05, 0.1) is 13.2 Å². The molecule has 0 aliphatic carbocycles. The second kappa shape index (κ2) is 8.75. The Bertz CT molecular complexity index is 908. The van der Waals surface area contributed by atoms with Gasteiger partial charge in [-0.2, -0.15) is 0 Å². The Morgan fingerprint density at radius 2 is 1.93 bits per heavy atom. The standard InChI is InChI=1S/C20H22N4O2S/c1-13(25)22-18(10-14-6-8-15(12-21)9-7-14)20-24-23-19(27-20)16-4-3-5-17(11-16)26-2/h3-9,11,18H,10,12,21H2,1-2H3,(H,22,25). The molecule has 7 heteroatoms. The number of benzene rings is 2. The summed E-state index contributed by atoms with van der Waals surface area (Å²) in [7, 11) is 1.63. The van der Waals surface area contributed by atoms with Crippen molar-refractivity contribution in [3.05, 3.63) is 64.7 Å². The largest absolute Gasteiger partial charge is 0.497 e. The number of hydrogen-bond acceptors (Lipinski definition) is 6. The van der Waals surface area contributed by atoms with Gasteiger partial charge in [0.15, 0.2) is 0 Å². The van der Waals surface area contributed by atoms with Crippen LogP contribution in [-0.4, -0.2) is 23.2 Å². The number of ether oxygens (including phenoxy) is 1. The molecule has 0 radical (unpaired) electrons. The first-order valence-electron chi connectivity index (χ1n) is 8.62. The van der Waals surface area contributed by atoms with Crippen LogP contribution >= 0.6 is 11.3 Å². The Morgan fingerprint density at radius 3 is 2.59 bits per heavy atom. The van der Waals surface area contributed by atoms with Crippen LogP contribution in [0.4, 0.5) is 0 Å². The fourth-order valence-corrected chi connectivity index (χ4v) is 3.63. The van der Waals surface area contributed by atoms with Gasteiger partial charge in [-0.1, -0.05) is 47.7 Å². The Morgan fingerprint density at radius 1 is 1.19 bits per heavy atom. The van der Waals surface area contributed by atoms with E-state index in [0.29, 0.717) is 13.0 Å². The van der Waals surface area contributed by atoms with E-state index in [-0.39, 0.29) is 11.9 Å². The Kier molecular flexibility index (Phi) is 6.16. The first-order valence-corrected chi connectivity index (χ1v) is 9.43. The minimum atomic E-state index is -0.233. The van der Waals surface area contributed by atoms with E-state index in [2.05, 4.69) is 15.5 Å². The molecular formula is C20H22N4O2S. The molecule has 0 saturated heterocycles. The number of carbonyl (C=O) groups is 1. The summed E-state index contributed by atoms with van der Waals surface area (Å²) in [6.07, 6.45) is 0.636. The summed E-state index contributed by atoms with van der Waals surface area (Å²) < 4.78 is 5.27. The molecule has 0 bridgehead atoms. The van der Waals surface area contributed by atoms with Gasteiger partial charge in [0.1, 0.15) is 15.8 Å². The zero-order valence-electron chi connectivity index (χ0n) is 15.3. The van der Waals surface area contributed by atoms with Crippen molar-refractivity contribution in [2.24, 2.45) is 5.73 Å². The molecule has 0 saturated carbocycles. The maximum absolute atomic E-state index is 11.7. The highest BCUT2D eigenvalue weighted by molar-refractivity contribution is 7.14. The van der Waals surface area contributed by atoms with Gasteiger partial charge in [0.2, 0.25) is 5.91 Å². The summed E-state index contributed by atoms with van der Waals surface area (Å²) in [5.74, 6) is 0.666. The molecule has 1 heterocycles. The van der Waals surface area contributed by atoms with Gasteiger partial charge in [-0.3, -0.25) is 4.79 Å². The Hall–Kier alpha value is -2.77. The second-order valence-electron chi connectivity index (χ2n) is 6.16. The van der Waals surface area contributed by atoms with Gasteiger partial charge < -0.3 is 15.8 Å². The Balaban J connectivity index is 1.84. The predicted octanol–water partition coefficient (Wildman–Crippen LogP) is 3.09. The monoisotopic (exact) mass is 382 g/mol. The Labute approximate surface area is 162 Å². The zero-order valence-corrected chi connectivity index (χ0v) is 16.1. The molecule has 0 aliphatic rings. The third kappa shape index (κ3) is 4.90. The van der Waals surface area contributed by atoms with E-state index >= 15 is 0 Å². The molecule has 3 N–H and O–H groups in total. The van der Waals surface area contributed by atoms with Crippen LogP contribution in [0.2, 0.25) is 0 Å². The number of nitrogens with zero attached hydrogens (tertiary/aromatic N) is 2. The summed E-state index contributed by atoms with van der Waals surface area (Å²) in [5, 5.41) is 13.2. The van der Waals surface area contributed by atoms with Crippen molar-refractivity contribution in [1.82, 2.24) is 15.5 Å². The molecule has 2 aromatic carbocycles. The summed E-state index contributed by atoms with van der Waals surface area (Å²) in [6, 6.07) is 15.5. The number of rotatable bonds is 7. The van der Waals surface area contributed by atoms with E-state index in [4.69, 9.17) is 10.5 Å². The average molecular weight is 382 g/mol. The fraction of sp³-hybridized carbons (Fsp3) is 0.250. The van der Waals surface area contributed by atoms with Crippen molar-refractivity contribution < 1.29 is 9.53 Å². The van der Waals surface area contributed by atoms with Crippen LogP contribution in [0.3, 0.4) is 0 Å². The molecule has 140 valence electrons. The maximum Gasteiger partial charge on any atom is 0.217 e. The van der Waals surface area contributed by atoms with Crippen LogP contribution in [0.25, 0.3) is 10.6 Å². The summed E-state index contributed by atoms with van der Waals surface area (Å²) >= 11 is 1.47. The highest BCUT2D eigenvalue weighted by Crippen LogP contribution is 2.30. The number of amides is 1. The van der Waals surface area contributed by atoms with Gasteiger partial charge in [-0.15, -0.1) is 10.2 Å². The highest BCUT2D eigenvalue weighted by Gasteiger charge is 2.19. The molecule has 1 unspecified atom stereocenters. The molecule has 1 atom stereocenters. The van der Waals surface area contributed by atoms with Crippen LogP contribution in [0, 0.1) is 0 Å². The van der Waals surface area contributed by atoms with Crippen molar-refractivity contribution in [3.8, 4) is 16.3 Å². The normalized spacial score (nSPS) is 11.8. The lowest BCUT2D eigenvalue weighted by atomic mass is 10.0. The number of carbonyl (C=O) groups excluding carboxylic acids is 1. The number of aromatic nitrogens is 2. The molecule has 0 fully saturated rings. The third-order valence-electron chi connectivity index (χ3n) is 4.13. The first kappa shape index (κ1) is 19.0. The smallest absolute Gasteiger partial charge is 0.217 e. The lowest BCUT2D eigenvalue weighted by molar-refractivity contribution is -0.119. The zero-order chi connectivity index (χ0) is 19.2. The molecule has 0 spiro atoms. The van der Waals surface area contributed by atoms with Crippen LogP contribution in [-0.2, 0) is 17.8 Å². The number of nitrogens with two attached hydrogens (primary N) is 1. The lowest BCUT2D eigenvalue weighted by Crippen LogP contribution is -2.27. The maximum atomic E-state index is 11.7. The molecule has 3 rings (SSSR count). The minimum Gasteiger partial charge on any atom is -0.497 e. The molecule has 27 heavy (non-hydrogen) atoms. The fourth-order valence-electron chi connectivity index (χ4n) is 2.74. The van der Waals surface area contributed by atoms with Crippen LogP contribution in [0.1, 0.15) is 29.1 Å². The number of nitrogens with one attached hydrogen (secondary N) is 1. The van der Waals surface area contributed by atoms with Gasteiger partial charge in [-0.25, -0.2) is 0 Å². The predicted molar refractivity (Wildman–Crippen MR) is 106 cm³/mol. The molecule has 0 aliphatic heterocycles. The van der Waals surface area contributed by atoms with E-state index < -0.39 is 0 Å². The van der Waals surface area contributed by atoms with E-state index in [1.165, 1.54) is 18.3 Å². The van der Waals surface area contributed by atoms with Gasteiger partial charge in [-0.05, 0) is 29.7 Å². The third-order valence-corrected chi connectivity index (χ3v) is 5.22. The van der Waals surface area contributed by atoms with Crippen molar-refractivity contribution in [2.75, 3.05) is 7.11 Å². The average Bonchev–Trinajstić information content (AvgIpc) is 3.18. The number of methoxy groups -OCH3 is 1. The summed E-state index contributed by atoms with van der Waals surface area (Å²) in [6.45, 7) is 2.02. The summed E-state index contributed by atoms with van der Waals surface area (Å²) in [4.78, 5) is 11.7. The molecular weight excluding hydrogens is 360 g/mol. The first-order chi connectivity index (χ1) is 13.1.